The first-order valence-electron chi connectivity index (χ1n) is 7.77. The van der Waals surface area contributed by atoms with Gasteiger partial charge in [0.05, 0.1) is 32.0 Å². The number of rotatable bonds is 11. The molecule has 21 heavy (non-hydrogen) atoms. The number of nitrogens with one attached hydrogen (secondary N) is 1. The molecule has 2 N–H and O–H groups in total. The van der Waals surface area contributed by atoms with Crippen LogP contribution >= 0.6 is 0 Å². The fourth-order valence-electron chi connectivity index (χ4n) is 1.90. The normalized spacial score (nSPS) is 12.8. The zero-order chi connectivity index (χ0) is 15.5. The molecule has 0 saturated carbocycles. The van der Waals surface area contributed by atoms with Crippen LogP contribution < -0.4 is 5.32 Å². The summed E-state index contributed by atoms with van der Waals surface area (Å²) in [5.74, 6) is 0. The third kappa shape index (κ3) is 8.83. The minimum absolute atomic E-state index is 0.222. The molecule has 0 amide bonds. The molecule has 0 saturated heterocycles. The van der Waals surface area contributed by atoms with Crippen LogP contribution in [0.4, 0.5) is 0 Å². The Morgan fingerprint density at radius 2 is 1.76 bits per heavy atom. The van der Waals surface area contributed by atoms with Gasteiger partial charge in [-0.05, 0) is 31.4 Å². The van der Waals surface area contributed by atoms with E-state index in [1.165, 1.54) is 11.1 Å². The van der Waals surface area contributed by atoms with Gasteiger partial charge in [-0.1, -0.05) is 31.2 Å². The van der Waals surface area contributed by atoms with E-state index < -0.39 is 6.10 Å². The summed E-state index contributed by atoms with van der Waals surface area (Å²) in [6.45, 7) is 8.85. The van der Waals surface area contributed by atoms with Crippen LogP contribution in [0.25, 0.3) is 0 Å². The van der Waals surface area contributed by atoms with Crippen molar-refractivity contribution >= 4 is 0 Å². The van der Waals surface area contributed by atoms with Crippen molar-refractivity contribution in [3.05, 3.63) is 35.4 Å². The Morgan fingerprint density at radius 1 is 1.10 bits per heavy atom. The summed E-state index contributed by atoms with van der Waals surface area (Å²) in [6.07, 6.45) is 0.794. The van der Waals surface area contributed by atoms with E-state index in [0.29, 0.717) is 26.4 Å². The van der Waals surface area contributed by atoms with Gasteiger partial charge in [-0.15, -0.1) is 0 Å². The minimum atomic E-state index is -0.487. The second-order valence-electron chi connectivity index (χ2n) is 5.45. The van der Waals surface area contributed by atoms with E-state index in [2.05, 4.69) is 36.5 Å². The van der Waals surface area contributed by atoms with Gasteiger partial charge in [-0.25, -0.2) is 0 Å². The molecule has 0 radical (unpaired) electrons. The highest BCUT2D eigenvalue weighted by Gasteiger charge is 2.04. The summed E-state index contributed by atoms with van der Waals surface area (Å²) in [7, 11) is 0. The van der Waals surface area contributed by atoms with Gasteiger partial charge < -0.3 is 19.9 Å². The number of hydrogen-bond donors (Lipinski definition) is 2. The molecule has 0 aliphatic rings. The average Bonchev–Trinajstić information content (AvgIpc) is 2.47. The molecule has 120 valence electrons. The standard InChI is InChI=1S/C17H29NO3/c1-4-15-5-7-16(8-6-15)11-18-12-17(19)13-20-9-10-21-14(2)3/h5-8,14,17-19H,4,9-13H2,1-3H3. The third-order valence-corrected chi connectivity index (χ3v) is 3.13. The van der Waals surface area contributed by atoms with Crippen molar-refractivity contribution in [2.24, 2.45) is 0 Å². The summed E-state index contributed by atoms with van der Waals surface area (Å²) in [5, 5.41) is 13.0. The number of hydrogen-bond acceptors (Lipinski definition) is 4. The van der Waals surface area contributed by atoms with Gasteiger partial charge >= 0.3 is 0 Å². The zero-order valence-electron chi connectivity index (χ0n) is 13.5. The van der Waals surface area contributed by atoms with Crippen molar-refractivity contribution in [2.75, 3.05) is 26.4 Å². The predicted octanol–water partition coefficient (Wildman–Crippen LogP) is 2.14. The van der Waals surface area contributed by atoms with E-state index in [9.17, 15) is 5.11 Å². The summed E-state index contributed by atoms with van der Waals surface area (Å²) in [6, 6.07) is 8.53. The Hall–Kier alpha value is -0.940. The highest BCUT2D eigenvalue weighted by molar-refractivity contribution is 5.22. The van der Waals surface area contributed by atoms with Gasteiger partial charge in [0.2, 0.25) is 0 Å². The van der Waals surface area contributed by atoms with Crippen LogP contribution in [0, 0.1) is 0 Å². The third-order valence-electron chi connectivity index (χ3n) is 3.13. The molecule has 0 aromatic heterocycles. The Balaban J connectivity index is 2.05. The van der Waals surface area contributed by atoms with E-state index in [1.54, 1.807) is 0 Å². The average molecular weight is 295 g/mol. The monoisotopic (exact) mass is 295 g/mol. The molecule has 1 aromatic rings. The number of aliphatic hydroxyl groups excluding tert-OH is 1. The lowest BCUT2D eigenvalue weighted by Gasteiger charge is -2.13. The van der Waals surface area contributed by atoms with Gasteiger partial charge in [-0.3, -0.25) is 0 Å². The Morgan fingerprint density at radius 3 is 2.38 bits per heavy atom. The molecule has 1 aromatic carbocycles. The molecule has 4 heteroatoms. The number of aliphatic hydroxyl groups is 1. The topological polar surface area (TPSA) is 50.7 Å². The van der Waals surface area contributed by atoms with Crippen LogP contribution in [-0.2, 0) is 22.4 Å². The van der Waals surface area contributed by atoms with Crippen molar-refractivity contribution in [1.82, 2.24) is 5.32 Å². The van der Waals surface area contributed by atoms with Crippen LogP contribution in [0.3, 0.4) is 0 Å². The lowest BCUT2D eigenvalue weighted by molar-refractivity contribution is -0.0100. The second kappa shape index (κ2) is 10.7. The van der Waals surface area contributed by atoms with E-state index in [1.807, 2.05) is 13.8 Å². The van der Waals surface area contributed by atoms with Crippen LogP contribution in [0.1, 0.15) is 31.9 Å². The summed E-state index contributed by atoms with van der Waals surface area (Å²) in [5.41, 5.74) is 2.57. The van der Waals surface area contributed by atoms with Gasteiger partial charge in [0.1, 0.15) is 0 Å². The number of aryl methyl sites for hydroxylation is 1. The zero-order valence-corrected chi connectivity index (χ0v) is 13.5. The largest absolute Gasteiger partial charge is 0.389 e. The Bertz CT molecular complexity index is 365. The van der Waals surface area contributed by atoms with Crippen molar-refractivity contribution in [3.63, 3.8) is 0 Å². The highest BCUT2D eigenvalue weighted by atomic mass is 16.5. The number of benzene rings is 1. The van der Waals surface area contributed by atoms with Crippen molar-refractivity contribution < 1.29 is 14.6 Å². The van der Waals surface area contributed by atoms with Crippen molar-refractivity contribution in [2.45, 2.75) is 45.9 Å². The maximum Gasteiger partial charge on any atom is 0.0897 e. The van der Waals surface area contributed by atoms with E-state index in [0.717, 1.165) is 13.0 Å². The van der Waals surface area contributed by atoms with E-state index >= 15 is 0 Å². The van der Waals surface area contributed by atoms with Crippen molar-refractivity contribution in [1.29, 1.82) is 0 Å². The molecule has 1 unspecified atom stereocenters. The van der Waals surface area contributed by atoms with Gasteiger partial charge in [0.25, 0.3) is 0 Å². The van der Waals surface area contributed by atoms with Gasteiger partial charge in [0, 0.05) is 13.1 Å². The smallest absolute Gasteiger partial charge is 0.0897 e. The minimum Gasteiger partial charge on any atom is -0.389 e. The maximum atomic E-state index is 9.79. The first-order chi connectivity index (χ1) is 10.1. The molecule has 1 rings (SSSR count). The quantitative estimate of drug-likeness (QED) is 0.614. The molecule has 0 bridgehead atoms. The van der Waals surface area contributed by atoms with E-state index in [4.69, 9.17) is 9.47 Å². The lowest BCUT2D eigenvalue weighted by Crippen LogP contribution is -2.30. The van der Waals surface area contributed by atoms with Crippen molar-refractivity contribution in [3.8, 4) is 0 Å². The Labute approximate surface area is 128 Å². The molecule has 1 atom stereocenters. The molecule has 0 spiro atoms. The molecule has 0 heterocycles. The Kier molecular flexibility index (Phi) is 9.26. The lowest BCUT2D eigenvalue weighted by atomic mass is 10.1. The fraction of sp³-hybridized carbons (Fsp3) is 0.647. The molecule has 0 fully saturated rings. The SMILES string of the molecule is CCc1ccc(CNCC(O)COCCOC(C)C)cc1. The van der Waals surface area contributed by atoms with Crippen LogP contribution in [0.2, 0.25) is 0 Å². The fourth-order valence-corrected chi connectivity index (χ4v) is 1.90. The molecular formula is C17H29NO3. The van der Waals surface area contributed by atoms with Crippen LogP contribution in [-0.4, -0.2) is 43.7 Å². The van der Waals surface area contributed by atoms with Gasteiger partial charge in [0.15, 0.2) is 0 Å². The summed E-state index contributed by atoms with van der Waals surface area (Å²) >= 11 is 0. The second-order valence-corrected chi connectivity index (χ2v) is 5.45. The predicted molar refractivity (Wildman–Crippen MR) is 85.4 cm³/mol. The van der Waals surface area contributed by atoms with Crippen LogP contribution in [0.5, 0.6) is 0 Å². The number of ether oxygens (including phenoxy) is 2. The molecular weight excluding hydrogens is 266 g/mol. The van der Waals surface area contributed by atoms with Crippen LogP contribution in [0.15, 0.2) is 24.3 Å². The molecule has 4 nitrogen and oxygen atoms in total. The highest BCUT2D eigenvalue weighted by Crippen LogP contribution is 2.04. The maximum absolute atomic E-state index is 9.79. The first kappa shape index (κ1) is 18.1. The van der Waals surface area contributed by atoms with E-state index in [-0.39, 0.29) is 6.10 Å². The summed E-state index contributed by atoms with van der Waals surface area (Å²) < 4.78 is 10.7. The summed E-state index contributed by atoms with van der Waals surface area (Å²) in [4.78, 5) is 0. The molecule has 0 aliphatic carbocycles. The first-order valence-corrected chi connectivity index (χ1v) is 7.77. The molecule has 0 aliphatic heterocycles. The van der Waals surface area contributed by atoms with Gasteiger partial charge in [-0.2, -0.15) is 0 Å².